The van der Waals surface area contributed by atoms with Gasteiger partial charge in [-0.05, 0) is 57.4 Å². The van der Waals surface area contributed by atoms with Crippen molar-refractivity contribution in [1.82, 2.24) is 0 Å². The van der Waals surface area contributed by atoms with Crippen LogP contribution in [-0.4, -0.2) is 12.1 Å². The van der Waals surface area contributed by atoms with Gasteiger partial charge in [0.1, 0.15) is 17.2 Å². The van der Waals surface area contributed by atoms with Crippen LogP contribution in [0, 0.1) is 5.82 Å². The van der Waals surface area contributed by atoms with Crippen molar-refractivity contribution >= 4 is 0 Å². The van der Waals surface area contributed by atoms with Crippen molar-refractivity contribution in [1.29, 1.82) is 0 Å². The number of hydrogen-bond acceptors (Lipinski definition) is 2. The van der Waals surface area contributed by atoms with Crippen molar-refractivity contribution in [2.75, 3.05) is 6.54 Å². The highest BCUT2D eigenvalue weighted by atomic mass is 19.1. The summed E-state index contributed by atoms with van der Waals surface area (Å²) >= 11 is 0. The molecule has 0 spiro atoms. The molecule has 2 nitrogen and oxygen atoms in total. The standard InChI is InChI=1S/C13H18FNO/c1-13(2)8-9(5-6-15)11-7-10(14)3-4-12(11)16-13/h3-4,7,9H,5-6,8,15H2,1-2H3. The summed E-state index contributed by atoms with van der Waals surface area (Å²) in [6.07, 6.45) is 1.77. The third-order valence-corrected chi connectivity index (χ3v) is 3.05. The van der Waals surface area contributed by atoms with Gasteiger partial charge in [0.15, 0.2) is 0 Å². The fourth-order valence-corrected chi connectivity index (χ4v) is 2.43. The van der Waals surface area contributed by atoms with E-state index in [-0.39, 0.29) is 11.4 Å². The molecule has 0 saturated carbocycles. The van der Waals surface area contributed by atoms with Crippen molar-refractivity contribution < 1.29 is 9.13 Å². The van der Waals surface area contributed by atoms with E-state index in [0.29, 0.717) is 12.5 Å². The minimum absolute atomic E-state index is 0.190. The Balaban J connectivity index is 2.39. The largest absolute Gasteiger partial charge is 0.488 e. The molecule has 0 amide bonds. The molecule has 1 aliphatic heterocycles. The van der Waals surface area contributed by atoms with E-state index in [1.165, 1.54) is 6.07 Å². The SMILES string of the molecule is CC1(C)CC(CCN)c2cc(F)ccc2O1. The van der Waals surface area contributed by atoms with Crippen LogP contribution in [0.3, 0.4) is 0 Å². The summed E-state index contributed by atoms with van der Waals surface area (Å²) in [5.74, 6) is 0.902. The lowest BCUT2D eigenvalue weighted by molar-refractivity contribution is 0.0706. The Morgan fingerprint density at radius 2 is 2.25 bits per heavy atom. The Kier molecular flexibility index (Phi) is 2.89. The third-order valence-electron chi connectivity index (χ3n) is 3.05. The Hall–Kier alpha value is -1.09. The number of rotatable bonds is 2. The molecule has 1 atom stereocenters. The van der Waals surface area contributed by atoms with Gasteiger partial charge in [0.2, 0.25) is 0 Å². The maximum Gasteiger partial charge on any atom is 0.123 e. The molecule has 0 radical (unpaired) electrons. The first-order valence-electron chi connectivity index (χ1n) is 5.70. The van der Waals surface area contributed by atoms with Crippen molar-refractivity contribution in [2.24, 2.45) is 5.73 Å². The van der Waals surface area contributed by atoms with E-state index in [9.17, 15) is 4.39 Å². The van der Waals surface area contributed by atoms with Gasteiger partial charge in [0, 0.05) is 5.56 Å². The summed E-state index contributed by atoms with van der Waals surface area (Å²) in [6.45, 7) is 4.74. The second-order valence-corrected chi connectivity index (χ2v) is 5.02. The van der Waals surface area contributed by atoms with Gasteiger partial charge >= 0.3 is 0 Å². The maximum absolute atomic E-state index is 13.2. The molecule has 2 rings (SSSR count). The summed E-state index contributed by atoms with van der Waals surface area (Å²) < 4.78 is 19.1. The fourth-order valence-electron chi connectivity index (χ4n) is 2.43. The first kappa shape index (κ1) is 11.4. The molecule has 1 aromatic rings. The zero-order valence-corrected chi connectivity index (χ0v) is 9.79. The van der Waals surface area contributed by atoms with Crippen molar-refractivity contribution in [3.63, 3.8) is 0 Å². The Morgan fingerprint density at radius 1 is 1.50 bits per heavy atom. The van der Waals surface area contributed by atoms with Gasteiger partial charge in [-0.15, -0.1) is 0 Å². The smallest absolute Gasteiger partial charge is 0.123 e. The molecule has 1 aliphatic rings. The molecule has 0 fully saturated rings. The highest BCUT2D eigenvalue weighted by Crippen LogP contribution is 2.42. The van der Waals surface area contributed by atoms with E-state index in [1.54, 1.807) is 12.1 Å². The normalized spacial score (nSPS) is 22.4. The molecule has 88 valence electrons. The number of fused-ring (bicyclic) bond motifs is 1. The van der Waals surface area contributed by atoms with Crippen LogP contribution in [0.4, 0.5) is 4.39 Å². The monoisotopic (exact) mass is 223 g/mol. The van der Waals surface area contributed by atoms with Crippen LogP contribution in [0.25, 0.3) is 0 Å². The molecule has 0 bridgehead atoms. The van der Waals surface area contributed by atoms with Crippen LogP contribution in [0.1, 0.15) is 38.2 Å². The summed E-state index contributed by atoms with van der Waals surface area (Å²) in [4.78, 5) is 0. The fraction of sp³-hybridized carbons (Fsp3) is 0.538. The lowest BCUT2D eigenvalue weighted by Gasteiger charge is -2.37. The molecule has 3 heteroatoms. The number of ether oxygens (including phenoxy) is 1. The molecule has 1 heterocycles. The predicted molar refractivity (Wildman–Crippen MR) is 62.1 cm³/mol. The van der Waals surface area contributed by atoms with Gasteiger partial charge in [-0.1, -0.05) is 0 Å². The summed E-state index contributed by atoms with van der Waals surface area (Å²) in [5.41, 5.74) is 6.38. The van der Waals surface area contributed by atoms with Crippen LogP contribution in [0.5, 0.6) is 5.75 Å². The molecule has 1 unspecified atom stereocenters. The Morgan fingerprint density at radius 3 is 2.94 bits per heavy atom. The first-order valence-corrected chi connectivity index (χ1v) is 5.70. The van der Waals surface area contributed by atoms with Gasteiger partial charge in [0.05, 0.1) is 0 Å². The number of halogens is 1. The molecular weight excluding hydrogens is 205 g/mol. The van der Waals surface area contributed by atoms with Crippen LogP contribution < -0.4 is 10.5 Å². The van der Waals surface area contributed by atoms with Gasteiger partial charge in [0.25, 0.3) is 0 Å². The summed E-state index contributed by atoms with van der Waals surface area (Å²) in [5, 5.41) is 0. The Bertz CT molecular complexity index is 390. The minimum atomic E-state index is -0.205. The van der Waals surface area contributed by atoms with Crippen molar-refractivity contribution in [2.45, 2.75) is 38.2 Å². The molecule has 0 saturated heterocycles. The second kappa shape index (κ2) is 4.06. The van der Waals surface area contributed by atoms with Gasteiger partial charge in [-0.3, -0.25) is 0 Å². The van der Waals surface area contributed by atoms with Crippen molar-refractivity contribution in [3.8, 4) is 5.75 Å². The van der Waals surface area contributed by atoms with Crippen LogP contribution in [-0.2, 0) is 0 Å². The average Bonchev–Trinajstić information content (AvgIpc) is 2.18. The predicted octanol–water partition coefficient (Wildman–Crippen LogP) is 2.82. The highest BCUT2D eigenvalue weighted by Gasteiger charge is 2.33. The number of nitrogens with two attached hydrogens (primary N) is 1. The lowest BCUT2D eigenvalue weighted by Crippen LogP contribution is -2.35. The van der Waals surface area contributed by atoms with Gasteiger partial charge in [-0.25, -0.2) is 4.39 Å². The van der Waals surface area contributed by atoms with E-state index in [4.69, 9.17) is 10.5 Å². The van der Waals surface area contributed by atoms with E-state index >= 15 is 0 Å². The van der Waals surface area contributed by atoms with E-state index in [2.05, 4.69) is 13.8 Å². The number of hydrogen-bond donors (Lipinski definition) is 1. The van der Waals surface area contributed by atoms with Gasteiger partial charge < -0.3 is 10.5 Å². The van der Waals surface area contributed by atoms with E-state index in [0.717, 1.165) is 24.2 Å². The Labute approximate surface area is 95.6 Å². The zero-order valence-electron chi connectivity index (χ0n) is 9.79. The third kappa shape index (κ3) is 2.19. The molecule has 16 heavy (non-hydrogen) atoms. The zero-order chi connectivity index (χ0) is 11.8. The first-order chi connectivity index (χ1) is 7.52. The van der Waals surface area contributed by atoms with Gasteiger partial charge in [-0.2, -0.15) is 0 Å². The van der Waals surface area contributed by atoms with Crippen LogP contribution >= 0.6 is 0 Å². The molecule has 2 N–H and O–H groups in total. The summed E-state index contributed by atoms with van der Waals surface area (Å²) in [7, 11) is 0. The molecular formula is C13H18FNO. The van der Waals surface area contributed by atoms with Crippen LogP contribution in [0.2, 0.25) is 0 Å². The second-order valence-electron chi connectivity index (χ2n) is 5.02. The van der Waals surface area contributed by atoms with Crippen LogP contribution in [0.15, 0.2) is 18.2 Å². The maximum atomic E-state index is 13.2. The van der Waals surface area contributed by atoms with E-state index in [1.807, 2.05) is 0 Å². The molecule has 0 aliphatic carbocycles. The lowest BCUT2D eigenvalue weighted by atomic mass is 9.82. The highest BCUT2D eigenvalue weighted by molar-refractivity contribution is 5.39. The quantitative estimate of drug-likeness (QED) is 0.836. The van der Waals surface area contributed by atoms with E-state index < -0.39 is 0 Å². The van der Waals surface area contributed by atoms with Crippen molar-refractivity contribution in [3.05, 3.63) is 29.6 Å². The molecule has 1 aromatic carbocycles. The average molecular weight is 223 g/mol. The number of benzene rings is 1. The minimum Gasteiger partial charge on any atom is -0.488 e. The molecule has 0 aromatic heterocycles. The topological polar surface area (TPSA) is 35.2 Å². The summed E-state index contributed by atoms with van der Waals surface area (Å²) in [6, 6.07) is 4.74.